The zero-order valence-electron chi connectivity index (χ0n) is 13.9. The van der Waals surface area contributed by atoms with Crippen molar-refractivity contribution >= 4 is 21.6 Å². The third-order valence-corrected chi connectivity index (χ3v) is 5.45. The van der Waals surface area contributed by atoms with E-state index in [9.17, 15) is 13.2 Å². The van der Waals surface area contributed by atoms with Crippen LogP contribution in [0.2, 0.25) is 0 Å². The SMILES string of the molecule is Cc1ccc(S(=O)(=O)N(CC(=O)NN)c2ccc(C)cc2C)cc1. The highest BCUT2D eigenvalue weighted by Crippen LogP contribution is 2.27. The number of benzene rings is 2. The highest BCUT2D eigenvalue weighted by atomic mass is 32.2. The predicted octanol–water partition coefficient (Wildman–Crippen LogP) is 1.80. The lowest BCUT2D eigenvalue weighted by Crippen LogP contribution is -2.43. The van der Waals surface area contributed by atoms with Crippen LogP contribution in [-0.2, 0) is 14.8 Å². The Morgan fingerprint density at radius 1 is 1.04 bits per heavy atom. The first-order chi connectivity index (χ1) is 11.3. The number of carbonyl (C=O) groups excluding carboxylic acids is 1. The number of rotatable bonds is 5. The highest BCUT2D eigenvalue weighted by Gasteiger charge is 2.28. The number of sulfonamides is 1. The number of amides is 1. The van der Waals surface area contributed by atoms with Crippen LogP contribution in [0.3, 0.4) is 0 Å². The summed E-state index contributed by atoms with van der Waals surface area (Å²) in [5.74, 6) is 4.55. The van der Waals surface area contributed by atoms with Gasteiger partial charge in [-0.15, -0.1) is 0 Å². The van der Waals surface area contributed by atoms with Gasteiger partial charge in [0, 0.05) is 0 Å². The molecule has 0 saturated carbocycles. The van der Waals surface area contributed by atoms with Crippen LogP contribution in [-0.4, -0.2) is 20.9 Å². The minimum Gasteiger partial charge on any atom is -0.293 e. The van der Waals surface area contributed by atoms with Crippen molar-refractivity contribution in [3.8, 4) is 0 Å². The van der Waals surface area contributed by atoms with Crippen molar-refractivity contribution in [1.82, 2.24) is 5.43 Å². The summed E-state index contributed by atoms with van der Waals surface area (Å²) in [6, 6.07) is 11.9. The number of nitrogens with zero attached hydrogens (tertiary/aromatic N) is 1. The molecule has 0 unspecified atom stereocenters. The molecule has 0 bridgehead atoms. The first-order valence-electron chi connectivity index (χ1n) is 7.42. The van der Waals surface area contributed by atoms with E-state index in [0.717, 1.165) is 21.0 Å². The molecule has 2 rings (SSSR count). The van der Waals surface area contributed by atoms with Gasteiger partial charge in [0.2, 0.25) is 0 Å². The van der Waals surface area contributed by atoms with Gasteiger partial charge < -0.3 is 0 Å². The summed E-state index contributed by atoms with van der Waals surface area (Å²) in [5.41, 5.74) is 5.15. The van der Waals surface area contributed by atoms with Crippen LogP contribution in [0.4, 0.5) is 5.69 Å². The quantitative estimate of drug-likeness (QED) is 0.490. The van der Waals surface area contributed by atoms with Gasteiger partial charge in [0.15, 0.2) is 0 Å². The van der Waals surface area contributed by atoms with Gasteiger partial charge in [-0.25, -0.2) is 14.3 Å². The third-order valence-electron chi connectivity index (χ3n) is 3.68. The minimum atomic E-state index is -3.89. The number of hydrogen-bond donors (Lipinski definition) is 2. The van der Waals surface area contributed by atoms with Crippen LogP contribution in [0.25, 0.3) is 0 Å². The first kappa shape index (κ1) is 18.0. The molecule has 128 valence electrons. The molecular weight excluding hydrogens is 326 g/mol. The molecule has 0 heterocycles. The molecule has 0 fully saturated rings. The Hall–Kier alpha value is -2.38. The molecular formula is C17H21N3O3S. The molecule has 0 aromatic heterocycles. The summed E-state index contributed by atoms with van der Waals surface area (Å²) in [7, 11) is -3.89. The molecule has 7 heteroatoms. The Balaban J connectivity index is 2.57. The Morgan fingerprint density at radius 2 is 1.62 bits per heavy atom. The number of nitrogens with two attached hydrogens (primary N) is 1. The fourth-order valence-corrected chi connectivity index (χ4v) is 3.88. The van der Waals surface area contributed by atoms with Crippen LogP contribution >= 0.6 is 0 Å². The molecule has 2 aromatic carbocycles. The summed E-state index contributed by atoms with van der Waals surface area (Å²) < 4.78 is 27.2. The van der Waals surface area contributed by atoms with Crippen LogP contribution in [0.1, 0.15) is 16.7 Å². The second-order valence-corrected chi connectivity index (χ2v) is 7.54. The van der Waals surface area contributed by atoms with Gasteiger partial charge in [0.05, 0.1) is 10.6 Å². The van der Waals surface area contributed by atoms with E-state index < -0.39 is 22.5 Å². The third kappa shape index (κ3) is 3.74. The second kappa shape index (κ2) is 7.02. The van der Waals surface area contributed by atoms with Crippen LogP contribution < -0.4 is 15.6 Å². The van der Waals surface area contributed by atoms with Crippen molar-refractivity contribution in [2.45, 2.75) is 25.7 Å². The first-order valence-corrected chi connectivity index (χ1v) is 8.86. The van der Waals surface area contributed by atoms with Gasteiger partial charge in [-0.1, -0.05) is 35.4 Å². The van der Waals surface area contributed by atoms with E-state index in [-0.39, 0.29) is 4.90 Å². The summed E-state index contributed by atoms with van der Waals surface area (Å²) in [6.07, 6.45) is 0. The van der Waals surface area contributed by atoms with E-state index in [4.69, 9.17) is 5.84 Å². The van der Waals surface area contributed by atoms with Gasteiger partial charge in [0.25, 0.3) is 15.9 Å². The monoisotopic (exact) mass is 347 g/mol. The highest BCUT2D eigenvalue weighted by molar-refractivity contribution is 7.92. The van der Waals surface area contributed by atoms with Crippen LogP contribution in [0, 0.1) is 20.8 Å². The van der Waals surface area contributed by atoms with Crippen LogP contribution in [0.15, 0.2) is 47.4 Å². The summed E-state index contributed by atoms with van der Waals surface area (Å²) in [5, 5.41) is 0. The zero-order valence-corrected chi connectivity index (χ0v) is 14.7. The maximum atomic E-state index is 13.0. The van der Waals surface area contributed by atoms with Crippen molar-refractivity contribution in [2.24, 2.45) is 5.84 Å². The van der Waals surface area contributed by atoms with Gasteiger partial charge >= 0.3 is 0 Å². The average molecular weight is 347 g/mol. The molecule has 2 aromatic rings. The van der Waals surface area contributed by atoms with Gasteiger partial charge in [-0.2, -0.15) is 0 Å². The topological polar surface area (TPSA) is 92.5 Å². The van der Waals surface area contributed by atoms with E-state index in [0.29, 0.717) is 5.69 Å². The zero-order chi connectivity index (χ0) is 17.9. The molecule has 0 radical (unpaired) electrons. The Morgan fingerprint density at radius 3 is 2.17 bits per heavy atom. The smallest absolute Gasteiger partial charge is 0.264 e. The summed E-state index contributed by atoms with van der Waals surface area (Å²) >= 11 is 0. The summed E-state index contributed by atoms with van der Waals surface area (Å²) in [6.45, 7) is 5.21. The van der Waals surface area contributed by atoms with Crippen molar-refractivity contribution < 1.29 is 13.2 Å². The Kier molecular flexibility index (Phi) is 5.26. The number of aryl methyl sites for hydroxylation is 3. The fourth-order valence-electron chi connectivity index (χ4n) is 2.40. The van der Waals surface area contributed by atoms with Crippen molar-refractivity contribution in [3.05, 3.63) is 59.2 Å². The molecule has 0 spiro atoms. The standard InChI is InChI=1S/C17H21N3O3S/c1-12-4-7-15(8-5-12)24(22,23)20(11-17(21)19-18)16-9-6-13(2)10-14(16)3/h4-10H,11,18H2,1-3H3,(H,19,21). The van der Waals surface area contributed by atoms with Gasteiger partial charge in [-0.3, -0.25) is 14.5 Å². The molecule has 0 aliphatic carbocycles. The van der Waals surface area contributed by atoms with Crippen LogP contribution in [0.5, 0.6) is 0 Å². The maximum absolute atomic E-state index is 13.0. The Labute approximate surface area is 142 Å². The number of anilines is 1. The largest absolute Gasteiger partial charge is 0.293 e. The maximum Gasteiger partial charge on any atom is 0.264 e. The van der Waals surface area contributed by atoms with E-state index in [2.05, 4.69) is 0 Å². The normalized spacial score (nSPS) is 11.2. The fraction of sp³-hybridized carbons (Fsp3) is 0.235. The van der Waals surface area contributed by atoms with Crippen molar-refractivity contribution in [2.75, 3.05) is 10.8 Å². The lowest BCUT2D eigenvalue weighted by Gasteiger charge is -2.25. The van der Waals surface area contributed by atoms with E-state index in [1.54, 1.807) is 31.2 Å². The Bertz CT molecular complexity index is 846. The minimum absolute atomic E-state index is 0.123. The molecule has 0 atom stereocenters. The molecule has 1 amide bonds. The van der Waals surface area contributed by atoms with Crippen molar-refractivity contribution in [1.29, 1.82) is 0 Å². The molecule has 0 aliphatic rings. The summed E-state index contributed by atoms with van der Waals surface area (Å²) in [4.78, 5) is 11.9. The molecule has 3 N–H and O–H groups in total. The predicted molar refractivity (Wildman–Crippen MR) is 94.0 cm³/mol. The molecule has 6 nitrogen and oxygen atoms in total. The average Bonchev–Trinajstić information content (AvgIpc) is 2.53. The lowest BCUT2D eigenvalue weighted by atomic mass is 10.1. The number of hydrazine groups is 1. The molecule has 24 heavy (non-hydrogen) atoms. The van der Waals surface area contributed by atoms with Gasteiger partial charge in [0.1, 0.15) is 6.54 Å². The number of carbonyl (C=O) groups is 1. The number of hydrogen-bond acceptors (Lipinski definition) is 4. The van der Waals surface area contributed by atoms with Crippen molar-refractivity contribution in [3.63, 3.8) is 0 Å². The molecule has 0 saturated heterocycles. The lowest BCUT2D eigenvalue weighted by molar-refractivity contribution is -0.119. The van der Waals surface area contributed by atoms with Gasteiger partial charge in [-0.05, 0) is 44.5 Å². The van der Waals surface area contributed by atoms with E-state index in [1.807, 2.05) is 25.3 Å². The second-order valence-electron chi connectivity index (χ2n) is 5.68. The number of nitrogens with one attached hydrogen (secondary N) is 1. The van der Waals surface area contributed by atoms with E-state index in [1.165, 1.54) is 12.1 Å². The van der Waals surface area contributed by atoms with E-state index >= 15 is 0 Å². The molecule has 0 aliphatic heterocycles.